The molecule has 0 radical (unpaired) electrons. The van der Waals surface area contributed by atoms with E-state index in [4.69, 9.17) is 0 Å². The third-order valence-electron chi connectivity index (χ3n) is 4.71. The van der Waals surface area contributed by atoms with E-state index in [1.807, 2.05) is 53.1 Å². The van der Waals surface area contributed by atoms with Crippen LogP contribution in [0.5, 0.6) is 0 Å². The Morgan fingerprint density at radius 1 is 1.00 bits per heavy atom. The molecule has 0 atom stereocenters. The Labute approximate surface area is 164 Å². The van der Waals surface area contributed by atoms with Gasteiger partial charge >= 0.3 is 0 Å². The molecule has 28 heavy (non-hydrogen) atoms. The number of aryl methyl sites for hydroxylation is 2. The van der Waals surface area contributed by atoms with Gasteiger partial charge in [-0.2, -0.15) is 0 Å². The van der Waals surface area contributed by atoms with Crippen LogP contribution < -0.4 is 5.32 Å². The fourth-order valence-corrected chi connectivity index (χ4v) is 3.21. The molecule has 2 aromatic heterocycles. The lowest BCUT2D eigenvalue weighted by molar-refractivity contribution is -0.116. The van der Waals surface area contributed by atoms with E-state index in [0.29, 0.717) is 6.42 Å². The van der Waals surface area contributed by atoms with Crippen LogP contribution in [0.25, 0.3) is 17.0 Å². The largest absolute Gasteiger partial charge is 0.326 e. The Kier molecular flexibility index (Phi) is 5.15. The second-order valence-electron chi connectivity index (χ2n) is 6.92. The monoisotopic (exact) mass is 370 g/mol. The van der Waals surface area contributed by atoms with Gasteiger partial charge in [0.05, 0.1) is 0 Å². The lowest BCUT2D eigenvalue weighted by Gasteiger charge is -2.07. The van der Waals surface area contributed by atoms with Gasteiger partial charge in [0.15, 0.2) is 11.5 Å². The molecule has 0 fully saturated rings. The van der Waals surface area contributed by atoms with Gasteiger partial charge in [0, 0.05) is 23.9 Å². The van der Waals surface area contributed by atoms with Crippen molar-refractivity contribution in [3.8, 4) is 11.4 Å². The van der Waals surface area contributed by atoms with Gasteiger partial charge < -0.3 is 5.32 Å². The summed E-state index contributed by atoms with van der Waals surface area (Å²) in [6.07, 6.45) is 4.15. The second kappa shape index (κ2) is 8.05. The zero-order valence-electron chi connectivity index (χ0n) is 15.8. The number of amides is 1. The molecule has 1 N–H and O–H groups in total. The average Bonchev–Trinajstić information content (AvgIpc) is 3.14. The van der Waals surface area contributed by atoms with Crippen molar-refractivity contribution in [2.45, 2.75) is 26.2 Å². The van der Waals surface area contributed by atoms with Crippen LogP contribution >= 0.6 is 0 Å². The van der Waals surface area contributed by atoms with Crippen molar-refractivity contribution in [3.05, 3.63) is 84.1 Å². The molecular weight excluding hydrogens is 348 g/mol. The summed E-state index contributed by atoms with van der Waals surface area (Å²) in [4.78, 5) is 12.3. The molecule has 140 valence electrons. The number of anilines is 1. The highest BCUT2D eigenvalue weighted by Gasteiger charge is 2.09. The van der Waals surface area contributed by atoms with Gasteiger partial charge in [0.2, 0.25) is 5.91 Å². The van der Waals surface area contributed by atoms with E-state index in [1.54, 1.807) is 0 Å². The predicted molar refractivity (Wildman–Crippen MR) is 111 cm³/mol. The van der Waals surface area contributed by atoms with Crippen LogP contribution in [0.4, 0.5) is 5.69 Å². The highest BCUT2D eigenvalue weighted by Crippen LogP contribution is 2.22. The number of rotatable bonds is 6. The number of carbonyl (C=O) groups is 1. The Bertz CT molecular complexity index is 1100. The summed E-state index contributed by atoms with van der Waals surface area (Å²) in [5, 5.41) is 11.5. The normalized spacial score (nSPS) is 10.9. The quantitative estimate of drug-likeness (QED) is 0.537. The predicted octanol–water partition coefficient (Wildman–Crippen LogP) is 4.67. The summed E-state index contributed by atoms with van der Waals surface area (Å²) in [5.41, 5.74) is 4.99. The Balaban J connectivity index is 1.39. The van der Waals surface area contributed by atoms with Crippen LogP contribution in [0.15, 0.2) is 72.9 Å². The van der Waals surface area contributed by atoms with Gasteiger partial charge in [-0.05, 0) is 49.6 Å². The molecule has 5 heteroatoms. The molecule has 5 nitrogen and oxygen atoms in total. The molecule has 0 aliphatic rings. The molecule has 0 spiro atoms. The van der Waals surface area contributed by atoms with Crippen LogP contribution in [0.2, 0.25) is 0 Å². The second-order valence-corrected chi connectivity index (χ2v) is 6.92. The SMILES string of the molecule is Cc1ccc(CCCC(=O)Nc2cccc(-c3nnc4ccccn34)c2)cc1. The van der Waals surface area contributed by atoms with E-state index >= 15 is 0 Å². The number of hydrogen-bond acceptors (Lipinski definition) is 3. The number of pyridine rings is 1. The van der Waals surface area contributed by atoms with Gasteiger partial charge in [-0.15, -0.1) is 10.2 Å². The van der Waals surface area contributed by atoms with E-state index in [1.165, 1.54) is 11.1 Å². The number of benzene rings is 2. The van der Waals surface area contributed by atoms with E-state index in [2.05, 4.69) is 46.7 Å². The van der Waals surface area contributed by atoms with Crippen LogP contribution in [0, 0.1) is 6.92 Å². The minimum Gasteiger partial charge on any atom is -0.326 e. The lowest BCUT2D eigenvalue weighted by atomic mass is 10.1. The summed E-state index contributed by atoms with van der Waals surface area (Å²) in [7, 11) is 0. The molecule has 4 rings (SSSR count). The number of fused-ring (bicyclic) bond motifs is 1. The highest BCUT2D eigenvalue weighted by molar-refractivity contribution is 5.91. The van der Waals surface area contributed by atoms with Crippen molar-refractivity contribution in [2.75, 3.05) is 5.32 Å². The van der Waals surface area contributed by atoms with Gasteiger partial charge in [-0.1, -0.05) is 48.0 Å². The minimum atomic E-state index is 0.0235. The lowest BCUT2D eigenvalue weighted by Crippen LogP contribution is -2.11. The summed E-state index contributed by atoms with van der Waals surface area (Å²) >= 11 is 0. The van der Waals surface area contributed by atoms with E-state index in [-0.39, 0.29) is 5.91 Å². The van der Waals surface area contributed by atoms with Gasteiger partial charge in [0.1, 0.15) is 0 Å². The number of nitrogens with one attached hydrogen (secondary N) is 1. The maximum absolute atomic E-state index is 12.3. The third-order valence-corrected chi connectivity index (χ3v) is 4.71. The first-order chi connectivity index (χ1) is 13.7. The fourth-order valence-electron chi connectivity index (χ4n) is 3.21. The molecule has 2 aromatic carbocycles. The van der Waals surface area contributed by atoms with Crippen LogP contribution in [-0.2, 0) is 11.2 Å². The summed E-state index contributed by atoms with van der Waals surface area (Å²) in [6, 6.07) is 22.0. The molecule has 0 bridgehead atoms. The molecule has 0 saturated carbocycles. The molecule has 0 unspecified atom stereocenters. The fraction of sp³-hybridized carbons (Fsp3) is 0.174. The first kappa shape index (κ1) is 17.9. The van der Waals surface area contributed by atoms with Crippen LogP contribution in [-0.4, -0.2) is 20.5 Å². The van der Waals surface area contributed by atoms with E-state index < -0.39 is 0 Å². The molecule has 0 saturated heterocycles. The van der Waals surface area contributed by atoms with Crippen molar-refractivity contribution in [1.29, 1.82) is 0 Å². The van der Waals surface area contributed by atoms with E-state index in [0.717, 1.165) is 35.6 Å². The highest BCUT2D eigenvalue weighted by atomic mass is 16.1. The molecule has 1 amide bonds. The van der Waals surface area contributed by atoms with Crippen LogP contribution in [0.3, 0.4) is 0 Å². The average molecular weight is 370 g/mol. The van der Waals surface area contributed by atoms with Crippen molar-refractivity contribution in [1.82, 2.24) is 14.6 Å². The smallest absolute Gasteiger partial charge is 0.224 e. The number of aromatic nitrogens is 3. The maximum Gasteiger partial charge on any atom is 0.224 e. The number of hydrogen-bond donors (Lipinski definition) is 1. The zero-order chi connectivity index (χ0) is 19.3. The third kappa shape index (κ3) is 4.09. The van der Waals surface area contributed by atoms with E-state index in [9.17, 15) is 4.79 Å². The van der Waals surface area contributed by atoms with Crippen molar-refractivity contribution >= 4 is 17.2 Å². The van der Waals surface area contributed by atoms with Crippen LogP contribution in [0.1, 0.15) is 24.0 Å². The Hall–Kier alpha value is -3.47. The molecular formula is C23H22N4O. The molecule has 0 aliphatic heterocycles. The summed E-state index contributed by atoms with van der Waals surface area (Å²) < 4.78 is 1.93. The summed E-state index contributed by atoms with van der Waals surface area (Å²) in [6.45, 7) is 2.08. The minimum absolute atomic E-state index is 0.0235. The molecule has 4 aromatic rings. The summed E-state index contributed by atoms with van der Waals surface area (Å²) in [5.74, 6) is 0.779. The van der Waals surface area contributed by atoms with Gasteiger partial charge in [-0.3, -0.25) is 9.20 Å². The first-order valence-corrected chi connectivity index (χ1v) is 9.45. The van der Waals surface area contributed by atoms with Crippen molar-refractivity contribution in [3.63, 3.8) is 0 Å². The maximum atomic E-state index is 12.3. The van der Waals surface area contributed by atoms with Crippen molar-refractivity contribution in [2.24, 2.45) is 0 Å². The Morgan fingerprint density at radius 2 is 1.86 bits per heavy atom. The van der Waals surface area contributed by atoms with Crippen molar-refractivity contribution < 1.29 is 4.79 Å². The molecule has 0 aliphatic carbocycles. The van der Waals surface area contributed by atoms with Gasteiger partial charge in [0.25, 0.3) is 0 Å². The van der Waals surface area contributed by atoms with Gasteiger partial charge in [-0.25, -0.2) is 0 Å². The number of nitrogens with zero attached hydrogens (tertiary/aromatic N) is 3. The topological polar surface area (TPSA) is 59.3 Å². The molecule has 2 heterocycles. The Morgan fingerprint density at radius 3 is 2.71 bits per heavy atom. The zero-order valence-corrected chi connectivity index (χ0v) is 15.8. The first-order valence-electron chi connectivity index (χ1n) is 9.45. The number of carbonyl (C=O) groups excluding carboxylic acids is 1. The standard InChI is InChI=1S/C23H22N4O/c1-17-11-13-18(14-12-17)6-4-10-22(28)24-20-8-5-7-19(16-20)23-26-25-21-9-2-3-15-27(21)23/h2-3,5,7-9,11-16H,4,6,10H2,1H3,(H,24,28).